The SMILES string of the molecule is CCCCCOc1ccc(N2C(=O)[C@@H]3[C@H](C2=O)[C@@H](c2ccccc2)C=C[C@@H]3c2ccccc2)cc1. The largest absolute Gasteiger partial charge is 0.494 e. The summed E-state index contributed by atoms with van der Waals surface area (Å²) in [6.07, 6.45) is 7.54. The Morgan fingerprint density at radius 1 is 0.686 bits per heavy atom. The molecule has 0 saturated carbocycles. The number of fused-ring (bicyclic) bond motifs is 1. The van der Waals surface area contributed by atoms with Gasteiger partial charge in [0.2, 0.25) is 11.8 Å². The van der Waals surface area contributed by atoms with E-state index in [1.54, 1.807) is 0 Å². The zero-order valence-corrected chi connectivity index (χ0v) is 20.0. The van der Waals surface area contributed by atoms with E-state index in [2.05, 4.69) is 19.1 Å². The summed E-state index contributed by atoms with van der Waals surface area (Å²) in [6.45, 7) is 2.83. The number of nitrogens with zero attached hydrogens (tertiary/aromatic N) is 1. The highest BCUT2D eigenvalue weighted by atomic mass is 16.5. The second kappa shape index (κ2) is 10.3. The molecule has 2 aliphatic rings. The van der Waals surface area contributed by atoms with Crippen molar-refractivity contribution in [3.8, 4) is 5.75 Å². The molecule has 178 valence electrons. The molecule has 1 aliphatic heterocycles. The predicted molar refractivity (Wildman–Crippen MR) is 138 cm³/mol. The number of benzene rings is 3. The Morgan fingerprint density at radius 3 is 1.69 bits per heavy atom. The molecule has 1 fully saturated rings. The summed E-state index contributed by atoms with van der Waals surface area (Å²) in [5.41, 5.74) is 2.72. The van der Waals surface area contributed by atoms with Crippen molar-refractivity contribution in [1.29, 1.82) is 0 Å². The third kappa shape index (κ3) is 4.53. The second-order valence-corrected chi connectivity index (χ2v) is 9.37. The van der Waals surface area contributed by atoms with Crippen molar-refractivity contribution >= 4 is 17.5 Å². The van der Waals surface area contributed by atoms with Gasteiger partial charge in [0.25, 0.3) is 0 Å². The van der Waals surface area contributed by atoms with Crippen LogP contribution in [0.3, 0.4) is 0 Å². The van der Waals surface area contributed by atoms with E-state index in [0.717, 1.165) is 36.1 Å². The lowest BCUT2D eigenvalue weighted by Gasteiger charge is -2.32. The van der Waals surface area contributed by atoms with E-state index >= 15 is 0 Å². The van der Waals surface area contributed by atoms with Gasteiger partial charge in [0.1, 0.15) is 5.75 Å². The summed E-state index contributed by atoms with van der Waals surface area (Å²) in [5.74, 6) is -0.651. The molecule has 0 unspecified atom stereocenters. The number of imide groups is 1. The predicted octanol–water partition coefficient (Wildman–Crippen LogP) is 6.50. The molecule has 0 N–H and O–H groups in total. The van der Waals surface area contributed by atoms with Crippen molar-refractivity contribution in [3.63, 3.8) is 0 Å². The molecule has 1 heterocycles. The molecule has 1 saturated heterocycles. The van der Waals surface area contributed by atoms with Crippen molar-refractivity contribution in [2.24, 2.45) is 11.8 Å². The fraction of sp³-hybridized carbons (Fsp3) is 0.290. The van der Waals surface area contributed by atoms with Crippen LogP contribution in [0, 0.1) is 11.8 Å². The maximum absolute atomic E-state index is 13.9. The molecular weight excluding hydrogens is 434 g/mol. The summed E-state index contributed by atoms with van der Waals surface area (Å²) >= 11 is 0. The molecule has 0 radical (unpaired) electrons. The van der Waals surface area contributed by atoms with Crippen LogP contribution in [0.1, 0.15) is 49.1 Å². The van der Waals surface area contributed by atoms with Gasteiger partial charge in [0.05, 0.1) is 24.1 Å². The Hall–Kier alpha value is -3.66. The standard InChI is InChI=1S/C31H31NO3/c1-2-3-10-21-35-25-17-15-24(16-18-25)32-30(33)28-26(22-11-6-4-7-12-22)19-20-27(29(28)31(32)34)23-13-8-5-9-14-23/h4-9,11-20,26-29H,2-3,10,21H2,1H3/t26-,27-,28-,29+/m1/s1. The third-order valence-electron chi connectivity index (χ3n) is 7.18. The van der Waals surface area contributed by atoms with Crippen molar-refractivity contribution in [2.45, 2.75) is 38.0 Å². The minimum atomic E-state index is -0.440. The molecule has 2 amide bonds. The van der Waals surface area contributed by atoms with Crippen LogP contribution in [-0.2, 0) is 9.59 Å². The monoisotopic (exact) mass is 465 g/mol. The highest BCUT2D eigenvalue weighted by Crippen LogP contribution is 2.50. The normalized spacial score (nSPS) is 23.4. The Balaban J connectivity index is 1.46. The maximum atomic E-state index is 13.9. The number of allylic oxidation sites excluding steroid dienone is 2. The van der Waals surface area contributed by atoms with Crippen LogP contribution in [0.4, 0.5) is 5.69 Å². The molecule has 5 rings (SSSR count). The van der Waals surface area contributed by atoms with Crippen LogP contribution < -0.4 is 9.64 Å². The molecule has 4 heteroatoms. The average Bonchev–Trinajstić information content (AvgIpc) is 3.18. The first-order valence-electron chi connectivity index (χ1n) is 12.6. The lowest BCUT2D eigenvalue weighted by atomic mass is 9.68. The number of carbonyl (C=O) groups is 2. The summed E-state index contributed by atoms with van der Waals surface area (Å²) < 4.78 is 5.83. The van der Waals surface area contributed by atoms with E-state index in [1.807, 2.05) is 84.9 Å². The van der Waals surface area contributed by atoms with E-state index in [4.69, 9.17) is 4.74 Å². The number of amides is 2. The van der Waals surface area contributed by atoms with Gasteiger partial charge in [-0.05, 0) is 41.8 Å². The van der Waals surface area contributed by atoms with Crippen LogP contribution in [0.15, 0.2) is 97.1 Å². The average molecular weight is 466 g/mol. The molecule has 0 aromatic heterocycles. The number of ether oxygens (including phenoxy) is 1. The van der Waals surface area contributed by atoms with Gasteiger partial charge in [-0.25, -0.2) is 4.90 Å². The fourth-order valence-electron chi connectivity index (χ4n) is 5.42. The Kier molecular flexibility index (Phi) is 6.80. The minimum absolute atomic E-state index is 0.129. The summed E-state index contributed by atoms with van der Waals surface area (Å²) in [7, 11) is 0. The van der Waals surface area contributed by atoms with E-state index in [1.165, 1.54) is 4.90 Å². The van der Waals surface area contributed by atoms with Gasteiger partial charge in [0.15, 0.2) is 0 Å². The van der Waals surface area contributed by atoms with E-state index in [9.17, 15) is 9.59 Å². The Morgan fingerprint density at radius 2 is 1.20 bits per heavy atom. The topological polar surface area (TPSA) is 46.6 Å². The van der Waals surface area contributed by atoms with Gasteiger partial charge >= 0.3 is 0 Å². The number of anilines is 1. The third-order valence-corrected chi connectivity index (χ3v) is 7.18. The maximum Gasteiger partial charge on any atom is 0.238 e. The number of unbranched alkanes of at least 4 members (excludes halogenated alkanes) is 2. The van der Waals surface area contributed by atoms with Gasteiger partial charge in [-0.15, -0.1) is 0 Å². The molecule has 0 spiro atoms. The number of hydrogen-bond donors (Lipinski definition) is 0. The minimum Gasteiger partial charge on any atom is -0.494 e. The van der Waals surface area contributed by atoms with Gasteiger partial charge in [-0.2, -0.15) is 0 Å². The first kappa shape index (κ1) is 23.1. The Labute approximate surface area is 207 Å². The van der Waals surface area contributed by atoms with E-state index in [-0.39, 0.29) is 23.7 Å². The zero-order chi connectivity index (χ0) is 24.2. The van der Waals surface area contributed by atoms with Gasteiger partial charge in [-0.3, -0.25) is 9.59 Å². The molecule has 4 nitrogen and oxygen atoms in total. The van der Waals surface area contributed by atoms with Crippen LogP contribution in [0.25, 0.3) is 0 Å². The van der Waals surface area contributed by atoms with E-state index < -0.39 is 11.8 Å². The molecular formula is C31H31NO3. The van der Waals surface area contributed by atoms with Crippen LogP contribution in [-0.4, -0.2) is 18.4 Å². The van der Waals surface area contributed by atoms with Crippen LogP contribution in [0.2, 0.25) is 0 Å². The van der Waals surface area contributed by atoms with Gasteiger partial charge < -0.3 is 4.74 Å². The summed E-state index contributed by atoms with van der Waals surface area (Å²) in [6, 6.07) is 27.4. The first-order valence-corrected chi connectivity index (χ1v) is 12.6. The zero-order valence-electron chi connectivity index (χ0n) is 20.0. The van der Waals surface area contributed by atoms with Gasteiger partial charge in [0, 0.05) is 11.8 Å². The first-order chi connectivity index (χ1) is 17.2. The quantitative estimate of drug-likeness (QED) is 0.217. The molecule has 3 aromatic carbocycles. The Bertz CT molecular complexity index is 1120. The van der Waals surface area contributed by atoms with Crippen LogP contribution >= 0.6 is 0 Å². The molecule has 1 aliphatic carbocycles. The van der Waals surface area contributed by atoms with Gasteiger partial charge in [-0.1, -0.05) is 92.6 Å². The van der Waals surface area contributed by atoms with Crippen molar-refractivity contribution < 1.29 is 14.3 Å². The summed E-state index contributed by atoms with van der Waals surface area (Å²) in [5, 5.41) is 0. The highest BCUT2D eigenvalue weighted by molar-refractivity contribution is 6.23. The fourth-order valence-corrected chi connectivity index (χ4v) is 5.42. The lowest BCUT2D eigenvalue weighted by molar-refractivity contribution is -0.122. The molecule has 0 bridgehead atoms. The molecule has 4 atom stereocenters. The van der Waals surface area contributed by atoms with Crippen molar-refractivity contribution in [3.05, 3.63) is 108 Å². The lowest BCUT2D eigenvalue weighted by Crippen LogP contribution is -2.31. The summed E-state index contributed by atoms with van der Waals surface area (Å²) in [4.78, 5) is 29.2. The molecule has 3 aromatic rings. The second-order valence-electron chi connectivity index (χ2n) is 9.37. The smallest absolute Gasteiger partial charge is 0.238 e. The van der Waals surface area contributed by atoms with Crippen molar-refractivity contribution in [1.82, 2.24) is 0 Å². The van der Waals surface area contributed by atoms with Crippen molar-refractivity contribution in [2.75, 3.05) is 11.5 Å². The highest BCUT2D eigenvalue weighted by Gasteiger charge is 2.55. The van der Waals surface area contributed by atoms with Crippen LogP contribution in [0.5, 0.6) is 5.75 Å². The number of rotatable bonds is 8. The number of carbonyl (C=O) groups excluding carboxylic acids is 2. The molecule has 35 heavy (non-hydrogen) atoms. The number of hydrogen-bond acceptors (Lipinski definition) is 3. The van der Waals surface area contributed by atoms with E-state index in [0.29, 0.717) is 12.3 Å².